The second kappa shape index (κ2) is 9.17. The van der Waals surface area contributed by atoms with Crippen LogP contribution in [0.15, 0.2) is 34.4 Å². The minimum Gasteiger partial charge on any atom is -0.493 e. The summed E-state index contributed by atoms with van der Waals surface area (Å²) in [6.45, 7) is 5.76. The van der Waals surface area contributed by atoms with Gasteiger partial charge in [-0.1, -0.05) is 43.7 Å². The zero-order chi connectivity index (χ0) is 22.7. The summed E-state index contributed by atoms with van der Waals surface area (Å²) in [6, 6.07) is 6.32. The molecule has 0 unspecified atom stereocenters. The quantitative estimate of drug-likeness (QED) is 0.480. The first-order valence-electron chi connectivity index (χ1n) is 9.66. The smallest absolute Gasteiger partial charge is 0.357 e. The number of benzene rings is 1. The van der Waals surface area contributed by atoms with E-state index in [0.29, 0.717) is 12.0 Å². The molecule has 3 N–H and O–H groups in total. The van der Waals surface area contributed by atoms with Gasteiger partial charge in [-0.15, -0.1) is 11.3 Å². The van der Waals surface area contributed by atoms with Crippen LogP contribution >= 0.6 is 11.3 Å². The number of thiazole rings is 1. The van der Waals surface area contributed by atoms with Gasteiger partial charge >= 0.3 is 11.7 Å². The van der Waals surface area contributed by atoms with Crippen molar-refractivity contribution in [2.45, 2.75) is 33.2 Å². The fraction of sp³-hybridized carbons (Fsp3) is 0.333. The van der Waals surface area contributed by atoms with Gasteiger partial charge in [-0.25, -0.2) is 14.6 Å². The number of nitrogens with one attached hydrogen (secondary N) is 2. The van der Waals surface area contributed by atoms with Crippen molar-refractivity contribution in [2.75, 3.05) is 12.4 Å². The van der Waals surface area contributed by atoms with Crippen LogP contribution in [0.1, 0.15) is 42.4 Å². The molecule has 0 saturated carbocycles. The Balaban J connectivity index is 1.94. The second-order valence-corrected chi connectivity index (χ2v) is 8.39. The third kappa shape index (κ3) is 4.85. The van der Waals surface area contributed by atoms with E-state index >= 15 is 0 Å². The maximum atomic E-state index is 13.0. The van der Waals surface area contributed by atoms with Gasteiger partial charge in [-0.05, 0) is 19.3 Å². The Morgan fingerprint density at radius 1 is 1.29 bits per heavy atom. The fourth-order valence-corrected chi connectivity index (χ4v) is 3.83. The van der Waals surface area contributed by atoms with E-state index in [2.05, 4.69) is 20.0 Å². The Bertz CT molecular complexity index is 1140. The molecule has 3 rings (SSSR count). The number of aromatic hydroxyl groups is 1. The van der Waals surface area contributed by atoms with E-state index in [4.69, 9.17) is 0 Å². The highest BCUT2D eigenvalue weighted by Crippen LogP contribution is 2.31. The van der Waals surface area contributed by atoms with Crippen LogP contribution in [-0.2, 0) is 9.53 Å². The third-order valence-electron chi connectivity index (χ3n) is 4.68. The predicted octanol–water partition coefficient (Wildman–Crippen LogP) is 3.33. The van der Waals surface area contributed by atoms with Crippen molar-refractivity contribution >= 4 is 28.3 Å². The van der Waals surface area contributed by atoms with Crippen LogP contribution in [0.25, 0.3) is 11.3 Å². The third-order valence-corrected chi connectivity index (χ3v) is 5.44. The van der Waals surface area contributed by atoms with Crippen LogP contribution < -0.4 is 11.0 Å². The van der Waals surface area contributed by atoms with Crippen molar-refractivity contribution in [1.29, 1.82) is 0 Å². The van der Waals surface area contributed by atoms with Crippen LogP contribution in [0.2, 0.25) is 0 Å². The topological polar surface area (TPSA) is 126 Å². The summed E-state index contributed by atoms with van der Waals surface area (Å²) in [5.41, 5.74) is 1.39. The highest BCUT2D eigenvalue weighted by atomic mass is 32.1. The number of amides is 1. The summed E-state index contributed by atoms with van der Waals surface area (Å²) in [5.74, 6) is -1.39. The van der Waals surface area contributed by atoms with E-state index in [0.717, 1.165) is 21.5 Å². The van der Waals surface area contributed by atoms with Crippen LogP contribution in [0.4, 0.5) is 5.13 Å². The molecule has 0 aliphatic rings. The van der Waals surface area contributed by atoms with Gasteiger partial charge in [0.1, 0.15) is 11.7 Å². The van der Waals surface area contributed by atoms with E-state index in [1.165, 1.54) is 12.5 Å². The lowest BCUT2D eigenvalue weighted by atomic mass is 10.0. The number of aromatic nitrogens is 3. The molecule has 2 aromatic heterocycles. The van der Waals surface area contributed by atoms with E-state index in [1.807, 2.05) is 32.9 Å². The van der Waals surface area contributed by atoms with Crippen molar-refractivity contribution in [3.8, 4) is 17.1 Å². The van der Waals surface area contributed by atoms with Gasteiger partial charge < -0.3 is 20.1 Å². The number of carbonyl (C=O) groups is 2. The number of esters is 1. The number of carbonyl (C=O) groups excluding carboxylic acids is 2. The molecule has 31 heavy (non-hydrogen) atoms. The van der Waals surface area contributed by atoms with E-state index < -0.39 is 23.6 Å². The number of aryl methyl sites for hydroxylation is 1. The molecule has 0 aliphatic heterocycles. The highest BCUT2D eigenvalue weighted by Gasteiger charge is 2.29. The number of imidazole rings is 1. The van der Waals surface area contributed by atoms with Crippen molar-refractivity contribution in [3.63, 3.8) is 0 Å². The summed E-state index contributed by atoms with van der Waals surface area (Å²) >= 11 is 1.06. The molecule has 3 aromatic rings. The normalized spacial score (nSPS) is 12.0. The zero-order valence-corrected chi connectivity index (χ0v) is 18.4. The molecular weight excluding hydrogens is 420 g/mol. The first-order valence-corrected chi connectivity index (χ1v) is 10.5. The summed E-state index contributed by atoms with van der Waals surface area (Å²) < 4.78 is 5.67. The van der Waals surface area contributed by atoms with Crippen LogP contribution in [0.5, 0.6) is 5.88 Å². The summed E-state index contributed by atoms with van der Waals surface area (Å²) in [4.78, 5) is 44.0. The van der Waals surface area contributed by atoms with E-state index in [1.54, 1.807) is 12.1 Å². The SMILES string of the molecule is COC(=O)c1csc(NC(=O)[C@H](CC(C)C)n2c(O)c(-c3ccc(C)cc3)[nH]c2=O)n1. The monoisotopic (exact) mass is 444 g/mol. The van der Waals surface area contributed by atoms with Gasteiger partial charge in [-0.2, -0.15) is 0 Å². The molecule has 0 fully saturated rings. The molecular formula is C21H24N4O5S. The molecule has 0 spiro atoms. The lowest BCUT2D eigenvalue weighted by Gasteiger charge is -2.19. The van der Waals surface area contributed by atoms with Gasteiger partial charge in [0, 0.05) is 10.9 Å². The van der Waals surface area contributed by atoms with Gasteiger partial charge in [0.25, 0.3) is 0 Å². The summed E-state index contributed by atoms with van der Waals surface area (Å²) in [7, 11) is 1.24. The molecule has 2 heterocycles. The fourth-order valence-electron chi connectivity index (χ4n) is 3.14. The maximum Gasteiger partial charge on any atom is 0.357 e. The molecule has 10 heteroatoms. The largest absolute Gasteiger partial charge is 0.493 e. The summed E-state index contributed by atoms with van der Waals surface area (Å²) in [6.07, 6.45) is 0.305. The molecule has 1 amide bonds. The predicted molar refractivity (Wildman–Crippen MR) is 117 cm³/mol. The molecule has 0 saturated heterocycles. The number of aromatic amines is 1. The van der Waals surface area contributed by atoms with Crippen molar-refractivity contribution in [3.05, 3.63) is 51.4 Å². The van der Waals surface area contributed by atoms with Crippen molar-refractivity contribution in [2.24, 2.45) is 5.92 Å². The van der Waals surface area contributed by atoms with E-state index in [-0.39, 0.29) is 28.3 Å². The molecule has 1 aromatic carbocycles. The lowest BCUT2D eigenvalue weighted by molar-refractivity contribution is -0.119. The number of hydrogen-bond donors (Lipinski definition) is 3. The zero-order valence-electron chi connectivity index (χ0n) is 17.6. The summed E-state index contributed by atoms with van der Waals surface area (Å²) in [5, 5.41) is 15.1. The van der Waals surface area contributed by atoms with Crippen LogP contribution in [0, 0.1) is 12.8 Å². The molecule has 0 bridgehead atoms. The molecule has 9 nitrogen and oxygen atoms in total. The number of ether oxygens (including phenoxy) is 1. The Kier molecular flexibility index (Phi) is 6.59. The van der Waals surface area contributed by atoms with Crippen LogP contribution in [-0.4, -0.2) is 38.6 Å². The minimum absolute atomic E-state index is 0.0571. The molecule has 1 atom stereocenters. The standard InChI is InChI=1S/C21H24N4O5S/c1-11(2)9-15(17(26)24-20-22-14(10-31-20)19(28)30-4)25-18(27)16(23-21(25)29)13-7-5-12(3)6-8-13/h5-8,10-11,15,27H,9H2,1-4H3,(H,23,29)(H,22,24,26)/t15-/m0/s1. The average Bonchev–Trinajstić information content (AvgIpc) is 3.30. The van der Waals surface area contributed by atoms with Crippen molar-refractivity contribution < 1.29 is 19.4 Å². The Morgan fingerprint density at radius 2 is 1.97 bits per heavy atom. The average molecular weight is 445 g/mol. The van der Waals surface area contributed by atoms with Crippen LogP contribution in [0.3, 0.4) is 0 Å². The Labute approximate surface area is 182 Å². The second-order valence-electron chi connectivity index (χ2n) is 7.53. The molecule has 0 radical (unpaired) electrons. The Morgan fingerprint density at radius 3 is 2.58 bits per heavy atom. The number of H-pyrrole nitrogens is 1. The highest BCUT2D eigenvalue weighted by molar-refractivity contribution is 7.14. The minimum atomic E-state index is -0.978. The van der Waals surface area contributed by atoms with Gasteiger partial charge in [0.05, 0.1) is 7.11 Å². The molecule has 164 valence electrons. The first-order chi connectivity index (χ1) is 14.7. The number of methoxy groups -OCH3 is 1. The number of anilines is 1. The number of hydrogen-bond acceptors (Lipinski definition) is 7. The van der Waals surface area contributed by atoms with Gasteiger partial charge in [0.15, 0.2) is 10.8 Å². The number of rotatable bonds is 7. The molecule has 0 aliphatic carbocycles. The maximum absolute atomic E-state index is 13.0. The van der Waals surface area contributed by atoms with Gasteiger partial charge in [0.2, 0.25) is 11.8 Å². The number of nitrogens with zero attached hydrogens (tertiary/aromatic N) is 2. The Hall–Kier alpha value is -3.40. The van der Waals surface area contributed by atoms with E-state index in [9.17, 15) is 19.5 Å². The van der Waals surface area contributed by atoms with Crippen molar-refractivity contribution in [1.82, 2.24) is 14.5 Å². The van der Waals surface area contributed by atoms with Gasteiger partial charge in [-0.3, -0.25) is 9.36 Å². The lowest BCUT2D eigenvalue weighted by Crippen LogP contribution is -2.33. The first kappa shape index (κ1) is 22.3.